The Morgan fingerprint density at radius 1 is 1.19 bits per heavy atom. The van der Waals surface area contributed by atoms with Crippen molar-refractivity contribution in [2.24, 2.45) is 0 Å². The van der Waals surface area contributed by atoms with Gasteiger partial charge in [-0.2, -0.15) is 0 Å². The van der Waals surface area contributed by atoms with Gasteiger partial charge in [0.2, 0.25) is 0 Å². The van der Waals surface area contributed by atoms with Gasteiger partial charge in [-0.1, -0.05) is 24.3 Å². The molecule has 0 saturated carbocycles. The van der Waals surface area contributed by atoms with Crippen LogP contribution in [0.4, 0.5) is 17.2 Å². The van der Waals surface area contributed by atoms with Crippen LogP contribution in [0.3, 0.4) is 0 Å². The average molecular weight is 489 g/mol. The van der Waals surface area contributed by atoms with Crippen LogP contribution >= 0.6 is 0 Å². The molecule has 1 aliphatic heterocycles. The highest BCUT2D eigenvalue weighted by atomic mass is 16.5. The molecule has 12 heteroatoms. The summed E-state index contributed by atoms with van der Waals surface area (Å²) in [4.78, 5) is 39.9. The van der Waals surface area contributed by atoms with Gasteiger partial charge in [0.25, 0.3) is 5.91 Å². The summed E-state index contributed by atoms with van der Waals surface area (Å²) in [5.41, 5.74) is 9.65. The monoisotopic (exact) mass is 489 g/mol. The molecule has 2 aromatic heterocycles. The Bertz CT molecular complexity index is 1220. The van der Waals surface area contributed by atoms with Gasteiger partial charge in [-0.05, 0) is 18.1 Å². The predicted molar refractivity (Wildman–Crippen MR) is 138 cm³/mol. The van der Waals surface area contributed by atoms with Crippen molar-refractivity contribution >= 4 is 37.1 Å². The number of rotatable bonds is 8. The number of morpholine rings is 1. The largest absolute Gasteiger partial charge is 0.468 e. The van der Waals surface area contributed by atoms with Gasteiger partial charge in [-0.15, -0.1) is 0 Å². The molecule has 0 bridgehead atoms. The minimum atomic E-state index is -0.476. The lowest BCUT2D eigenvalue weighted by molar-refractivity contribution is -0.142. The van der Waals surface area contributed by atoms with Crippen molar-refractivity contribution in [1.29, 1.82) is 0 Å². The summed E-state index contributed by atoms with van der Waals surface area (Å²) in [7, 11) is 3.07. The lowest BCUT2D eigenvalue weighted by Crippen LogP contribution is -2.37. The van der Waals surface area contributed by atoms with E-state index in [1.807, 2.05) is 30.3 Å². The van der Waals surface area contributed by atoms with Crippen molar-refractivity contribution in [2.45, 2.75) is 12.5 Å². The number of esters is 1. The van der Waals surface area contributed by atoms with Gasteiger partial charge in [-0.3, -0.25) is 14.6 Å². The number of aromatic nitrogens is 3. The summed E-state index contributed by atoms with van der Waals surface area (Å²) in [6, 6.07) is 8.92. The molecular formula is C24H28BN7O4. The number of hydrogen-bond donors (Lipinski definition) is 3. The van der Waals surface area contributed by atoms with E-state index in [4.69, 9.17) is 15.2 Å². The molecule has 186 valence electrons. The highest BCUT2D eigenvalue weighted by Crippen LogP contribution is 2.27. The smallest absolute Gasteiger partial charge is 0.322 e. The summed E-state index contributed by atoms with van der Waals surface area (Å²) in [6.45, 7) is 2.67. The molecule has 36 heavy (non-hydrogen) atoms. The van der Waals surface area contributed by atoms with Gasteiger partial charge in [0.05, 0.1) is 55.8 Å². The molecule has 0 spiro atoms. The Labute approximate surface area is 209 Å². The Balaban J connectivity index is 1.52. The summed E-state index contributed by atoms with van der Waals surface area (Å²) >= 11 is 0. The van der Waals surface area contributed by atoms with E-state index in [9.17, 15) is 9.59 Å². The van der Waals surface area contributed by atoms with Crippen molar-refractivity contribution in [3.05, 3.63) is 60.2 Å². The second-order valence-corrected chi connectivity index (χ2v) is 8.20. The number of hydrogen-bond acceptors (Lipinski definition) is 10. The molecule has 0 unspecified atom stereocenters. The molecule has 1 atom stereocenters. The molecule has 1 fully saturated rings. The summed E-state index contributed by atoms with van der Waals surface area (Å²) in [6.07, 6.45) is 5.28. The minimum absolute atomic E-state index is 0.0225. The van der Waals surface area contributed by atoms with Crippen LogP contribution in [0, 0.1) is 0 Å². The molecule has 11 nitrogen and oxygen atoms in total. The van der Waals surface area contributed by atoms with Gasteiger partial charge < -0.3 is 30.7 Å². The number of carbonyl (C=O) groups excluding carboxylic acids is 2. The number of nitrogens with one attached hydrogen (secondary N) is 2. The first-order chi connectivity index (χ1) is 17.5. The Hall–Kier alpha value is -4.03. The zero-order chi connectivity index (χ0) is 25.5. The van der Waals surface area contributed by atoms with Crippen molar-refractivity contribution in [3.63, 3.8) is 0 Å². The fraction of sp³-hybridized carbons (Fsp3) is 0.292. The van der Waals surface area contributed by atoms with Gasteiger partial charge >= 0.3 is 5.97 Å². The lowest BCUT2D eigenvalue weighted by atomic mass is 10.0. The zero-order valence-corrected chi connectivity index (χ0v) is 20.2. The quantitative estimate of drug-likeness (QED) is 0.301. The minimum Gasteiger partial charge on any atom is -0.468 e. The van der Waals surface area contributed by atoms with Crippen molar-refractivity contribution in [1.82, 2.24) is 20.2 Å². The molecule has 4 rings (SSSR count). The number of amides is 1. The number of carbonyl (C=O) groups is 2. The van der Waals surface area contributed by atoms with Gasteiger partial charge in [0, 0.05) is 24.8 Å². The van der Waals surface area contributed by atoms with Gasteiger partial charge in [-0.25, -0.2) is 9.97 Å². The van der Waals surface area contributed by atoms with Gasteiger partial charge in [0.15, 0.2) is 19.5 Å². The fourth-order valence-electron chi connectivity index (χ4n) is 3.94. The molecule has 1 aliphatic rings. The van der Waals surface area contributed by atoms with E-state index in [0.29, 0.717) is 31.0 Å². The number of benzene rings is 1. The van der Waals surface area contributed by atoms with Crippen LogP contribution in [0.25, 0.3) is 11.3 Å². The number of nitrogens with two attached hydrogens (primary N) is 1. The number of anilines is 3. The first-order valence-electron chi connectivity index (χ1n) is 11.5. The van der Waals surface area contributed by atoms with E-state index in [2.05, 4.69) is 30.4 Å². The van der Waals surface area contributed by atoms with Crippen molar-refractivity contribution < 1.29 is 19.1 Å². The topological polar surface area (TPSA) is 145 Å². The van der Waals surface area contributed by atoms with E-state index in [1.54, 1.807) is 20.4 Å². The third-order valence-electron chi connectivity index (χ3n) is 5.94. The maximum atomic E-state index is 13.1. The van der Waals surface area contributed by atoms with Crippen LogP contribution in [0.15, 0.2) is 48.9 Å². The average Bonchev–Trinajstić information content (AvgIpc) is 2.92. The summed E-state index contributed by atoms with van der Waals surface area (Å²) in [5, 5.41) is 5.83. The molecular weight excluding hydrogens is 461 g/mol. The first kappa shape index (κ1) is 25.1. The number of ether oxygens (including phenoxy) is 2. The molecule has 1 aromatic carbocycles. The normalized spacial score (nSPS) is 14.2. The molecule has 1 saturated heterocycles. The Kier molecular flexibility index (Phi) is 8.08. The molecule has 1 amide bonds. The molecule has 4 N–H and O–H groups in total. The van der Waals surface area contributed by atoms with Crippen LogP contribution < -0.4 is 21.2 Å². The SMILES string of the molecule is BN[C@@H](Cc1ccc(-c2cnc(N)c(C(=O)Nc3cnccc3N3CCOCC3)n2)cc1)C(=O)OC. The predicted octanol–water partition coefficient (Wildman–Crippen LogP) is 0.431. The van der Waals surface area contributed by atoms with Crippen LogP contribution in [0.2, 0.25) is 0 Å². The third-order valence-corrected chi connectivity index (χ3v) is 5.94. The molecule has 3 aromatic rings. The highest BCUT2D eigenvalue weighted by molar-refractivity contribution is 6.07. The van der Waals surface area contributed by atoms with Crippen LogP contribution in [-0.4, -0.2) is 74.3 Å². The van der Waals surface area contributed by atoms with Crippen LogP contribution in [0.5, 0.6) is 0 Å². The number of pyridine rings is 1. The van der Waals surface area contributed by atoms with Crippen LogP contribution in [-0.2, 0) is 20.7 Å². The van der Waals surface area contributed by atoms with E-state index in [-0.39, 0.29) is 17.5 Å². The van der Waals surface area contributed by atoms with Crippen molar-refractivity contribution in [2.75, 3.05) is 49.4 Å². The Morgan fingerprint density at radius 2 is 1.94 bits per heavy atom. The van der Waals surface area contributed by atoms with E-state index >= 15 is 0 Å². The summed E-state index contributed by atoms with van der Waals surface area (Å²) < 4.78 is 10.2. The number of nitrogen functional groups attached to an aromatic ring is 1. The number of methoxy groups -OCH3 is 1. The standard InChI is InChI=1S/C24H28BN7O4/c1-35-24(34)17(31-25)12-15-2-4-16(5-3-15)18-14-28-22(26)21(29-18)23(33)30-19-13-27-7-6-20(19)32-8-10-36-11-9-32/h2-7,13-14,17,31H,8-12,25H2,1H3,(H2,26,28)(H,30,33)/t17-/m0/s1. The lowest BCUT2D eigenvalue weighted by Gasteiger charge is -2.30. The van der Waals surface area contributed by atoms with Crippen molar-refractivity contribution in [3.8, 4) is 11.3 Å². The van der Waals surface area contributed by atoms with E-state index < -0.39 is 11.9 Å². The second kappa shape index (κ2) is 11.6. The molecule has 3 heterocycles. The Morgan fingerprint density at radius 3 is 2.64 bits per heavy atom. The summed E-state index contributed by atoms with van der Waals surface area (Å²) in [5.74, 6) is -0.775. The third kappa shape index (κ3) is 5.78. The maximum absolute atomic E-state index is 13.1. The van der Waals surface area contributed by atoms with Crippen LogP contribution in [0.1, 0.15) is 16.1 Å². The van der Waals surface area contributed by atoms with E-state index in [0.717, 1.165) is 29.9 Å². The fourth-order valence-corrected chi connectivity index (χ4v) is 3.94. The zero-order valence-electron chi connectivity index (χ0n) is 20.2. The maximum Gasteiger partial charge on any atom is 0.322 e. The molecule has 0 aliphatic carbocycles. The van der Waals surface area contributed by atoms with E-state index in [1.165, 1.54) is 13.3 Å². The highest BCUT2D eigenvalue weighted by Gasteiger charge is 2.20. The van der Waals surface area contributed by atoms with Gasteiger partial charge in [0.1, 0.15) is 0 Å². The first-order valence-corrected chi connectivity index (χ1v) is 11.5. The molecule has 0 radical (unpaired) electrons. The number of nitrogens with zero attached hydrogens (tertiary/aromatic N) is 4. The second-order valence-electron chi connectivity index (χ2n) is 8.20.